The molecule has 1 aromatic rings. The molecule has 1 aromatic carbocycles. The molecular weight excluding hydrogens is 276 g/mol. The van der Waals surface area contributed by atoms with Gasteiger partial charge in [0.1, 0.15) is 16.5 Å². The van der Waals surface area contributed by atoms with E-state index >= 15 is 0 Å². The van der Waals surface area contributed by atoms with E-state index in [4.69, 9.17) is 0 Å². The minimum absolute atomic E-state index is 0.139. The summed E-state index contributed by atoms with van der Waals surface area (Å²) < 4.78 is 51.9. The Bertz CT molecular complexity index is 370. The fourth-order valence-corrected chi connectivity index (χ4v) is 1.50. The highest BCUT2D eigenvalue weighted by Crippen LogP contribution is 2.39. The molecule has 15 heavy (non-hydrogen) atoms. The van der Waals surface area contributed by atoms with E-state index in [1.807, 2.05) is 0 Å². The lowest BCUT2D eigenvalue weighted by atomic mass is 10.0. The fourth-order valence-electron chi connectivity index (χ4n) is 1.15. The summed E-state index contributed by atoms with van der Waals surface area (Å²) in [6.45, 7) is 2.07. The van der Waals surface area contributed by atoms with Gasteiger partial charge in [-0.1, -0.05) is 15.9 Å². The molecule has 0 heterocycles. The topological polar surface area (TPSA) is 0 Å². The van der Waals surface area contributed by atoms with Crippen molar-refractivity contribution in [2.45, 2.75) is 24.6 Å². The molecule has 0 aromatic heterocycles. The standard InChI is InChI=1S/C10H9BrF4/c1-5-3-6(8(13)4-7(5)12)9(11)10(2,14)15/h3-4,9H,1-2H3. The van der Waals surface area contributed by atoms with Gasteiger partial charge in [-0.15, -0.1) is 0 Å². The van der Waals surface area contributed by atoms with Crippen LogP contribution in [0.2, 0.25) is 0 Å². The van der Waals surface area contributed by atoms with Crippen molar-refractivity contribution in [3.05, 3.63) is 34.9 Å². The normalized spacial score (nSPS) is 14.1. The van der Waals surface area contributed by atoms with Gasteiger partial charge in [-0.25, -0.2) is 17.6 Å². The zero-order valence-electron chi connectivity index (χ0n) is 8.12. The van der Waals surface area contributed by atoms with Crippen LogP contribution in [-0.4, -0.2) is 5.92 Å². The van der Waals surface area contributed by atoms with Gasteiger partial charge in [0.2, 0.25) is 0 Å². The molecule has 0 fully saturated rings. The first-order chi connectivity index (χ1) is 6.73. The van der Waals surface area contributed by atoms with E-state index in [9.17, 15) is 17.6 Å². The van der Waals surface area contributed by atoms with Crippen molar-refractivity contribution in [2.24, 2.45) is 0 Å². The molecule has 0 aliphatic carbocycles. The summed E-state index contributed by atoms with van der Waals surface area (Å²) in [5.41, 5.74) is -0.0958. The average molecular weight is 285 g/mol. The van der Waals surface area contributed by atoms with Crippen LogP contribution in [-0.2, 0) is 0 Å². The predicted molar refractivity (Wildman–Crippen MR) is 53.4 cm³/mol. The van der Waals surface area contributed by atoms with Crippen LogP contribution in [0.1, 0.15) is 22.9 Å². The van der Waals surface area contributed by atoms with E-state index in [1.165, 1.54) is 6.92 Å². The molecular formula is C10H9BrF4. The van der Waals surface area contributed by atoms with Crippen LogP contribution in [0.25, 0.3) is 0 Å². The lowest BCUT2D eigenvalue weighted by molar-refractivity contribution is 0.0204. The molecule has 1 atom stereocenters. The van der Waals surface area contributed by atoms with E-state index < -0.39 is 22.4 Å². The monoisotopic (exact) mass is 284 g/mol. The molecule has 0 amide bonds. The Morgan fingerprint density at radius 3 is 2.20 bits per heavy atom. The van der Waals surface area contributed by atoms with Crippen LogP contribution in [0.4, 0.5) is 17.6 Å². The molecule has 0 saturated heterocycles. The van der Waals surface area contributed by atoms with Crippen molar-refractivity contribution < 1.29 is 17.6 Å². The maximum atomic E-state index is 13.2. The second kappa shape index (κ2) is 4.12. The van der Waals surface area contributed by atoms with E-state index in [1.54, 1.807) is 0 Å². The third kappa shape index (κ3) is 2.71. The summed E-state index contributed by atoms with van der Waals surface area (Å²) >= 11 is 2.70. The van der Waals surface area contributed by atoms with Gasteiger partial charge in [0.05, 0.1) is 0 Å². The summed E-state index contributed by atoms with van der Waals surface area (Å²) in [7, 11) is 0. The van der Waals surface area contributed by atoms with Gasteiger partial charge < -0.3 is 0 Å². The Balaban J connectivity index is 3.21. The van der Waals surface area contributed by atoms with E-state index in [-0.39, 0.29) is 11.1 Å². The number of aryl methyl sites for hydroxylation is 1. The van der Waals surface area contributed by atoms with Crippen molar-refractivity contribution in [1.82, 2.24) is 0 Å². The predicted octanol–water partition coefficient (Wildman–Crippen LogP) is 4.36. The Morgan fingerprint density at radius 1 is 1.20 bits per heavy atom. The van der Waals surface area contributed by atoms with Crippen molar-refractivity contribution in [1.29, 1.82) is 0 Å². The first kappa shape index (κ1) is 12.5. The zero-order chi connectivity index (χ0) is 11.8. The SMILES string of the molecule is Cc1cc(C(Br)C(C)(F)F)c(F)cc1F. The molecule has 5 heteroatoms. The van der Waals surface area contributed by atoms with Crippen LogP contribution < -0.4 is 0 Å². The number of halogens is 5. The van der Waals surface area contributed by atoms with Gasteiger partial charge in [0.15, 0.2) is 0 Å². The Labute approximate surface area is 93.4 Å². The Kier molecular flexibility index (Phi) is 3.43. The fraction of sp³-hybridized carbons (Fsp3) is 0.400. The number of hydrogen-bond donors (Lipinski definition) is 0. The second-order valence-electron chi connectivity index (χ2n) is 3.44. The van der Waals surface area contributed by atoms with Gasteiger partial charge in [-0.2, -0.15) is 0 Å². The first-order valence-corrected chi connectivity index (χ1v) is 5.12. The molecule has 0 bridgehead atoms. The molecule has 0 nitrogen and oxygen atoms in total. The van der Waals surface area contributed by atoms with Gasteiger partial charge in [-0.05, 0) is 18.6 Å². The number of hydrogen-bond acceptors (Lipinski definition) is 0. The van der Waals surface area contributed by atoms with E-state index in [2.05, 4.69) is 15.9 Å². The Morgan fingerprint density at radius 2 is 1.73 bits per heavy atom. The lowest BCUT2D eigenvalue weighted by Gasteiger charge is -2.19. The summed E-state index contributed by atoms with van der Waals surface area (Å²) in [6, 6.07) is 1.70. The lowest BCUT2D eigenvalue weighted by Crippen LogP contribution is -2.18. The van der Waals surface area contributed by atoms with Gasteiger partial charge >= 0.3 is 0 Å². The van der Waals surface area contributed by atoms with Crippen LogP contribution in [0.3, 0.4) is 0 Å². The van der Waals surface area contributed by atoms with Crippen LogP contribution in [0, 0.1) is 18.6 Å². The van der Waals surface area contributed by atoms with Crippen molar-refractivity contribution in [3.8, 4) is 0 Å². The number of alkyl halides is 3. The van der Waals surface area contributed by atoms with E-state index in [0.717, 1.165) is 6.07 Å². The molecule has 0 radical (unpaired) electrons. The van der Waals surface area contributed by atoms with Gasteiger partial charge in [0.25, 0.3) is 5.92 Å². The van der Waals surface area contributed by atoms with Crippen LogP contribution in [0.15, 0.2) is 12.1 Å². The molecule has 84 valence electrons. The quantitative estimate of drug-likeness (QED) is 0.559. The summed E-state index contributed by atoms with van der Waals surface area (Å²) in [4.78, 5) is -1.45. The highest BCUT2D eigenvalue weighted by atomic mass is 79.9. The smallest absolute Gasteiger partial charge is 0.207 e. The van der Waals surface area contributed by atoms with Gasteiger partial charge in [0, 0.05) is 18.6 Å². The third-order valence-corrected chi connectivity index (χ3v) is 3.29. The van der Waals surface area contributed by atoms with E-state index in [0.29, 0.717) is 13.0 Å². The highest BCUT2D eigenvalue weighted by molar-refractivity contribution is 9.09. The summed E-state index contributed by atoms with van der Waals surface area (Å²) in [5.74, 6) is -4.82. The minimum Gasteiger partial charge on any atom is -0.207 e. The second-order valence-corrected chi connectivity index (χ2v) is 4.36. The minimum atomic E-state index is -3.11. The molecule has 0 aliphatic heterocycles. The maximum Gasteiger partial charge on any atom is 0.261 e. The molecule has 1 unspecified atom stereocenters. The number of benzene rings is 1. The summed E-state index contributed by atoms with van der Waals surface area (Å²) in [6.07, 6.45) is 0. The van der Waals surface area contributed by atoms with Gasteiger partial charge in [-0.3, -0.25) is 0 Å². The summed E-state index contributed by atoms with van der Waals surface area (Å²) in [5, 5.41) is 0. The molecule has 1 rings (SSSR count). The molecule has 0 aliphatic rings. The molecule has 0 saturated carbocycles. The zero-order valence-corrected chi connectivity index (χ0v) is 9.71. The molecule has 0 N–H and O–H groups in total. The maximum absolute atomic E-state index is 13.2. The van der Waals surface area contributed by atoms with Crippen LogP contribution >= 0.6 is 15.9 Å². The largest absolute Gasteiger partial charge is 0.261 e. The number of rotatable bonds is 2. The third-order valence-electron chi connectivity index (χ3n) is 2.00. The highest BCUT2D eigenvalue weighted by Gasteiger charge is 2.35. The Hall–Kier alpha value is -0.580. The average Bonchev–Trinajstić information content (AvgIpc) is 2.08. The van der Waals surface area contributed by atoms with Crippen molar-refractivity contribution in [2.75, 3.05) is 0 Å². The van der Waals surface area contributed by atoms with Crippen molar-refractivity contribution >= 4 is 15.9 Å². The first-order valence-electron chi connectivity index (χ1n) is 4.21. The van der Waals surface area contributed by atoms with Crippen LogP contribution in [0.5, 0.6) is 0 Å². The molecule has 0 spiro atoms. The van der Waals surface area contributed by atoms with Crippen molar-refractivity contribution in [3.63, 3.8) is 0 Å².